The second kappa shape index (κ2) is 5.20. The summed E-state index contributed by atoms with van der Waals surface area (Å²) < 4.78 is 5.67. The van der Waals surface area contributed by atoms with Crippen molar-refractivity contribution in [3.63, 3.8) is 0 Å². The Kier molecular flexibility index (Phi) is 3.40. The van der Waals surface area contributed by atoms with Crippen LogP contribution in [0.15, 0.2) is 18.3 Å². The molecule has 6 heteroatoms. The van der Waals surface area contributed by atoms with Gasteiger partial charge in [0.2, 0.25) is 0 Å². The molecule has 6 nitrogen and oxygen atoms in total. The summed E-state index contributed by atoms with van der Waals surface area (Å²) in [5.41, 5.74) is 0.304. The Labute approximate surface area is 116 Å². The molecule has 0 bridgehead atoms. The smallest absolute Gasteiger partial charge is 0.354 e. The maximum atomic E-state index is 12.1. The molecule has 20 heavy (non-hydrogen) atoms. The number of carboxylic acids is 1. The third-order valence-corrected chi connectivity index (χ3v) is 3.78. The number of hydrogen-bond acceptors (Lipinski definition) is 4. The van der Waals surface area contributed by atoms with Crippen LogP contribution in [-0.4, -0.2) is 40.7 Å². The van der Waals surface area contributed by atoms with Gasteiger partial charge in [0.1, 0.15) is 5.69 Å². The minimum absolute atomic E-state index is 0.0501. The number of hydrogen-bond donors (Lipinski definition) is 2. The molecule has 1 amide bonds. The molecule has 1 saturated heterocycles. The first-order valence-electron chi connectivity index (χ1n) is 6.77. The minimum Gasteiger partial charge on any atom is -0.477 e. The van der Waals surface area contributed by atoms with Gasteiger partial charge in [0, 0.05) is 12.8 Å². The zero-order valence-corrected chi connectivity index (χ0v) is 10.9. The second-order valence-electron chi connectivity index (χ2n) is 5.28. The van der Waals surface area contributed by atoms with Crippen LogP contribution in [0, 0.1) is 5.92 Å². The Bertz CT molecular complexity index is 524. The van der Waals surface area contributed by atoms with E-state index in [2.05, 4.69) is 10.3 Å². The van der Waals surface area contributed by atoms with E-state index in [4.69, 9.17) is 9.84 Å². The number of aromatic nitrogens is 1. The lowest BCUT2D eigenvalue weighted by Crippen LogP contribution is -2.41. The number of carbonyl (C=O) groups is 2. The maximum absolute atomic E-state index is 12.1. The topological polar surface area (TPSA) is 88.5 Å². The van der Waals surface area contributed by atoms with E-state index in [0.29, 0.717) is 18.1 Å². The average Bonchev–Trinajstić information content (AvgIpc) is 3.19. The molecule has 2 aliphatic rings. The van der Waals surface area contributed by atoms with E-state index in [-0.39, 0.29) is 23.7 Å². The lowest BCUT2D eigenvalue weighted by Gasteiger charge is -2.19. The van der Waals surface area contributed by atoms with Gasteiger partial charge in [-0.1, -0.05) is 0 Å². The number of ether oxygens (including phenoxy) is 1. The number of pyridine rings is 1. The van der Waals surface area contributed by atoms with Crippen molar-refractivity contribution in [3.05, 3.63) is 29.6 Å². The van der Waals surface area contributed by atoms with Crippen LogP contribution in [0.5, 0.6) is 0 Å². The van der Waals surface area contributed by atoms with Gasteiger partial charge in [-0.25, -0.2) is 9.78 Å². The van der Waals surface area contributed by atoms with Crippen molar-refractivity contribution in [1.29, 1.82) is 0 Å². The Hall–Kier alpha value is -1.95. The monoisotopic (exact) mass is 276 g/mol. The van der Waals surface area contributed by atoms with Crippen LogP contribution in [0.3, 0.4) is 0 Å². The van der Waals surface area contributed by atoms with E-state index in [9.17, 15) is 9.59 Å². The van der Waals surface area contributed by atoms with Crippen molar-refractivity contribution in [2.24, 2.45) is 5.92 Å². The van der Waals surface area contributed by atoms with Gasteiger partial charge in [0.25, 0.3) is 5.91 Å². The van der Waals surface area contributed by atoms with Gasteiger partial charge in [0.15, 0.2) is 0 Å². The molecule has 2 N–H and O–H groups in total. The Balaban J connectivity index is 1.64. The third-order valence-electron chi connectivity index (χ3n) is 3.78. The van der Waals surface area contributed by atoms with Gasteiger partial charge in [-0.2, -0.15) is 0 Å². The minimum atomic E-state index is -1.10. The van der Waals surface area contributed by atoms with Crippen LogP contribution in [0.2, 0.25) is 0 Å². The molecule has 2 heterocycles. The lowest BCUT2D eigenvalue weighted by molar-refractivity contribution is 0.0688. The highest BCUT2D eigenvalue weighted by molar-refractivity contribution is 5.95. The van der Waals surface area contributed by atoms with Crippen LogP contribution < -0.4 is 5.32 Å². The highest BCUT2D eigenvalue weighted by Gasteiger charge is 2.41. The molecule has 2 atom stereocenters. The fourth-order valence-corrected chi connectivity index (χ4v) is 2.56. The van der Waals surface area contributed by atoms with Crippen LogP contribution >= 0.6 is 0 Å². The van der Waals surface area contributed by atoms with Crippen LogP contribution in [0.25, 0.3) is 0 Å². The maximum Gasteiger partial charge on any atom is 0.354 e. The van der Waals surface area contributed by atoms with Gasteiger partial charge in [-0.3, -0.25) is 4.79 Å². The molecule has 2 unspecified atom stereocenters. The molecule has 0 aromatic carbocycles. The number of carbonyl (C=O) groups excluding carboxylic acids is 1. The molecule has 1 aromatic heterocycles. The van der Waals surface area contributed by atoms with Gasteiger partial charge in [0.05, 0.1) is 17.7 Å². The van der Waals surface area contributed by atoms with E-state index >= 15 is 0 Å². The van der Waals surface area contributed by atoms with Crippen molar-refractivity contribution in [3.8, 4) is 0 Å². The van der Waals surface area contributed by atoms with Crippen LogP contribution in [0.4, 0.5) is 0 Å². The normalized spacial score (nSPS) is 25.4. The zero-order chi connectivity index (χ0) is 14.1. The largest absolute Gasteiger partial charge is 0.477 e. The third kappa shape index (κ3) is 2.65. The predicted molar refractivity (Wildman–Crippen MR) is 69.5 cm³/mol. The molecule has 1 aliphatic carbocycles. The van der Waals surface area contributed by atoms with Gasteiger partial charge < -0.3 is 15.2 Å². The highest BCUT2D eigenvalue weighted by Crippen LogP contribution is 2.38. The molecular weight excluding hydrogens is 260 g/mol. The van der Waals surface area contributed by atoms with Crippen LogP contribution in [0.1, 0.15) is 40.1 Å². The number of rotatable bonds is 4. The zero-order valence-electron chi connectivity index (χ0n) is 10.9. The SMILES string of the molecule is O=C(NC1CCOC1C1CC1)c1ccc(C(=O)O)nc1. The van der Waals surface area contributed by atoms with Crippen molar-refractivity contribution in [2.75, 3.05) is 6.61 Å². The molecule has 106 valence electrons. The Morgan fingerprint density at radius 2 is 2.10 bits per heavy atom. The summed E-state index contributed by atoms with van der Waals surface area (Å²) in [6.45, 7) is 0.683. The molecule has 1 saturated carbocycles. The van der Waals surface area contributed by atoms with E-state index in [0.717, 1.165) is 6.42 Å². The molecule has 2 fully saturated rings. The van der Waals surface area contributed by atoms with Crippen molar-refractivity contribution in [2.45, 2.75) is 31.4 Å². The summed E-state index contributed by atoms with van der Waals surface area (Å²) in [6.07, 6.45) is 4.59. The van der Waals surface area contributed by atoms with Crippen molar-refractivity contribution < 1.29 is 19.4 Å². The quantitative estimate of drug-likeness (QED) is 0.859. The van der Waals surface area contributed by atoms with Crippen molar-refractivity contribution >= 4 is 11.9 Å². The number of amides is 1. The highest BCUT2D eigenvalue weighted by atomic mass is 16.5. The van der Waals surface area contributed by atoms with Gasteiger partial charge in [-0.15, -0.1) is 0 Å². The summed E-state index contributed by atoms with van der Waals surface area (Å²) >= 11 is 0. The summed E-state index contributed by atoms with van der Waals surface area (Å²) in [4.78, 5) is 26.6. The van der Waals surface area contributed by atoms with E-state index < -0.39 is 5.97 Å². The second-order valence-corrected chi connectivity index (χ2v) is 5.28. The Morgan fingerprint density at radius 3 is 2.70 bits per heavy atom. The number of nitrogens with one attached hydrogen (secondary N) is 1. The van der Waals surface area contributed by atoms with Crippen molar-refractivity contribution in [1.82, 2.24) is 10.3 Å². The van der Waals surface area contributed by atoms with E-state index in [1.54, 1.807) is 0 Å². The number of aromatic carboxylic acids is 1. The van der Waals surface area contributed by atoms with Gasteiger partial charge in [-0.05, 0) is 37.3 Å². The standard InChI is InChI=1S/C14H16N2O4/c17-13(9-3-4-11(14(18)19)15-7-9)16-10-5-6-20-12(10)8-1-2-8/h3-4,7-8,10,12H,1-2,5-6H2,(H,16,17)(H,18,19). The lowest BCUT2D eigenvalue weighted by atomic mass is 10.1. The first-order chi connectivity index (χ1) is 9.65. The summed E-state index contributed by atoms with van der Waals surface area (Å²) in [7, 11) is 0. The molecular formula is C14H16N2O4. The molecule has 0 spiro atoms. The van der Waals surface area contributed by atoms with Gasteiger partial charge >= 0.3 is 5.97 Å². The molecule has 1 aromatic rings. The first kappa shape index (κ1) is 13.1. The Morgan fingerprint density at radius 1 is 1.30 bits per heavy atom. The number of nitrogens with zero attached hydrogens (tertiary/aromatic N) is 1. The first-order valence-corrected chi connectivity index (χ1v) is 6.77. The average molecular weight is 276 g/mol. The summed E-state index contributed by atoms with van der Waals surface area (Å²) in [6, 6.07) is 2.86. The van der Waals surface area contributed by atoms with E-state index in [1.807, 2.05) is 0 Å². The van der Waals surface area contributed by atoms with E-state index in [1.165, 1.54) is 31.2 Å². The summed E-state index contributed by atoms with van der Waals surface area (Å²) in [5, 5.41) is 11.7. The molecule has 1 aliphatic heterocycles. The summed E-state index contributed by atoms with van der Waals surface area (Å²) in [5.74, 6) is -0.749. The van der Waals surface area contributed by atoms with Crippen LogP contribution in [-0.2, 0) is 4.74 Å². The number of carboxylic acid groups (broad SMARTS) is 1. The fourth-order valence-electron chi connectivity index (χ4n) is 2.56. The predicted octanol–water partition coefficient (Wildman–Crippen LogP) is 1.08. The molecule has 0 radical (unpaired) electrons. The molecule has 3 rings (SSSR count). The fraction of sp³-hybridized carbons (Fsp3) is 0.500.